The minimum Gasteiger partial charge on any atom is -0.493 e. The van der Waals surface area contributed by atoms with Crippen LogP contribution < -0.4 is 20.7 Å². The van der Waals surface area contributed by atoms with Crippen LogP contribution in [0.5, 0.6) is 17.4 Å². The molecule has 0 amide bonds. The number of aryl methyl sites for hydroxylation is 1. The second kappa shape index (κ2) is 6.73. The van der Waals surface area contributed by atoms with E-state index >= 15 is 0 Å². The van der Waals surface area contributed by atoms with Gasteiger partial charge in [-0.05, 0) is 37.6 Å². The maximum atomic E-state index is 12.4. The number of H-pyrrole nitrogens is 1. The number of hydrogen-bond donors (Lipinski definition) is 2. The standard InChI is InChI=1S/C20H17N3O5/c1-11-5-3-4-6-14(11)23-19(25)17(18(24)22-20(23)26)12(2)21-13-7-8-15-16(9-13)28-10-27-15/h3-9,25H,10H2,1-2H3,(H,22,24,26). The highest BCUT2D eigenvalue weighted by Crippen LogP contribution is 2.35. The van der Waals surface area contributed by atoms with Crippen molar-refractivity contribution in [2.45, 2.75) is 13.8 Å². The molecule has 0 atom stereocenters. The minimum atomic E-state index is -0.726. The Kier molecular flexibility index (Phi) is 4.23. The van der Waals surface area contributed by atoms with Gasteiger partial charge in [0.25, 0.3) is 5.56 Å². The summed E-state index contributed by atoms with van der Waals surface area (Å²) in [6, 6.07) is 12.1. The predicted octanol–water partition coefficient (Wildman–Crippen LogP) is 2.41. The number of aromatic nitrogens is 2. The van der Waals surface area contributed by atoms with Crippen molar-refractivity contribution in [3.8, 4) is 23.1 Å². The number of ether oxygens (including phenoxy) is 2. The maximum absolute atomic E-state index is 12.4. The van der Waals surface area contributed by atoms with Crippen molar-refractivity contribution in [1.82, 2.24) is 9.55 Å². The molecule has 0 radical (unpaired) electrons. The highest BCUT2D eigenvalue weighted by Gasteiger charge is 2.19. The summed E-state index contributed by atoms with van der Waals surface area (Å²) in [5.74, 6) is 0.701. The summed E-state index contributed by atoms with van der Waals surface area (Å²) in [5, 5.41) is 10.7. The summed E-state index contributed by atoms with van der Waals surface area (Å²) < 4.78 is 11.7. The van der Waals surface area contributed by atoms with E-state index in [1.807, 2.05) is 6.07 Å². The van der Waals surface area contributed by atoms with Crippen LogP contribution in [0, 0.1) is 6.92 Å². The first-order valence-electron chi connectivity index (χ1n) is 8.55. The first-order valence-corrected chi connectivity index (χ1v) is 8.55. The fraction of sp³-hybridized carbons (Fsp3) is 0.150. The number of nitrogens with zero attached hydrogens (tertiary/aromatic N) is 2. The Bertz CT molecular complexity index is 1220. The first-order chi connectivity index (χ1) is 13.5. The Morgan fingerprint density at radius 3 is 2.68 bits per heavy atom. The summed E-state index contributed by atoms with van der Waals surface area (Å²) in [5.41, 5.74) is 0.488. The summed E-state index contributed by atoms with van der Waals surface area (Å²) in [4.78, 5) is 31.4. The van der Waals surface area contributed by atoms with Gasteiger partial charge in [-0.1, -0.05) is 18.2 Å². The van der Waals surface area contributed by atoms with Gasteiger partial charge in [0.2, 0.25) is 12.7 Å². The Balaban J connectivity index is 1.86. The molecule has 3 aromatic rings. The Labute approximate surface area is 159 Å². The Morgan fingerprint density at radius 1 is 1.14 bits per heavy atom. The first kappa shape index (κ1) is 17.6. The van der Waals surface area contributed by atoms with Gasteiger partial charge >= 0.3 is 5.69 Å². The third kappa shape index (κ3) is 2.94. The van der Waals surface area contributed by atoms with Crippen molar-refractivity contribution < 1.29 is 14.6 Å². The number of nitrogens with one attached hydrogen (secondary N) is 1. The molecule has 2 aromatic carbocycles. The second-order valence-corrected chi connectivity index (χ2v) is 6.31. The third-order valence-corrected chi connectivity index (χ3v) is 4.46. The van der Waals surface area contributed by atoms with Crippen LogP contribution in [0.3, 0.4) is 0 Å². The van der Waals surface area contributed by atoms with Crippen LogP contribution in [0.4, 0.5) is 5.69 Å². The van der Waals surface area contributed by atoms with E-state index in [9.17, 15) is 14.7 Å². The van der Waals surface area contributed by atoms with Gasteiger partial charge in [0.1, 0.15) is 5.56 Å². The van der Waals surface area contributed by atoms with Gasteiger partial charge in [0, 0.05) is 6.07 Å². The molecule has 1 aliphatic heterocycles. The van der Waals surface area contributed by atoms with Crippen molar-refractivity contribution in [2.75, 3.05) is 6.79 Å². The lowest BCUT2D eigenvalue weighted by Gasteiger charge is -2.13. The summed E-state index contributed by atoms with van der Waals surface area (Å²) in [6.07, 6.45) is 0. The maximum Gasteiger partial charge on any atom is 0.335 e. The molecule has 28 heavy (non-hydrogen) atoms. The number of aromatic amines is 1. The molecule has 2 N–H and O–H groups in total. The van der Waals surface area contributed by atoms with Crippen molar-refractivity contribution in [2.24, 2.45) is 4.99 Å². The smallest absolute Gasteiger partial charge is 0.335 e. The molecule has 0 spiro atoms. The molecular weight excluding hydrogens is 362 g/mol. The molecule has 1 aromatic heterocycles. The number of rotatable bonds is 3. The molecule has 0 unspecified atom stereocenters. The van der Waals surface area contributed by atoms with Gasteiger partial charge in [-0.25, -0.2) is 9.36 Å². The largest absolute Gasteiger partial charge is 0.493 e. The normalized spacial score (nSPS) is 13.0. The van der Waals surface area contributed by atoms with E-state index in [0.717, 1.165) is 10.1 Å². The average Bonchev–Trinajstić information content (AvgIpc) is 3.10. The van der Waals surface area contributed by atoms with Gasteiger partial charge < -0.3 is 14.6 Å². The molecule has 142 valence electrons. The second-order valence-electron chi connectivity index (χ2n) is 6.31. The van der Waals surface area contributed by atoms with Crippen LogP contribution >= 0.6 is 0 Å². The lowest BCUT2D eigenvalue weighted by atomic mass is 10.1. The van der Waals surface area contributed by atoms with Crippen LogP contribution in [0.2, 0.25) is 0 Å². The van der Waals surface area contributed by atoms with E-state index < -0.39 is 17.1 Å². The summed E-state index contributed by atoms with van der Waals surface area (Å²) >= 11 is 0. The van der Waals surface area contributed by atoms with Crippen molar-refractivity contribution in [3.05, 3.63) is 74.4 Å². The topological polar surface area (TPSA) is 106 Å². The number of fused-ring (bicyclic) bond motifs is 1. The highest BCUT2D eigenvalue weighted by molar-refractivity contribution is 6.01. The van der Waals surface area contributed by atoms with Crippen molar-refractivity contribution in [3.63, 3.8) is 0 Å². The van der Waals surface area contributed by atoms with Gasteiger partial charge in [0.05, 0.1) is 17.1 Å². The lowest BCUT2D eigenvalue weighted by Crippen LogP contribution is -2.33. The molecule has 0 bridgehead atoms. The van der Waals surface area contributed by atoms with Gasteiger partial charge in [0.15, 0.2) is 11.5 Å². The van der Waals surface area contributed by atoms with E-state index in [-0.39, 0.29) is 18.1 Å². The Hall–Kier alpha value is -3.81. The predicted molar refractivity (Wildman–Crippen MR) is 103 cm³/mol. The average molecular weight is 379 g/mol. The van der Waals surface area contributed by atoms with E-state index in [0.29, 0.717) is 22.9 Å². The fourth-order valence-electron chi connectivity index (χ4n) is 3.09. The van der Waals surface area contributed by atoms with Crippen LogP contribution in [0.15, 0.2) is 57.0 Å². The molecule has 1 aliphatic rings. The third-order valence-electron chi connectivity index (χ3n) is 4.46. The fourth-order valence-corrected chi connectivity index (χ4v) is 3.09. The molecule has 8 heteroatoms. The number of hydrogen-bond acceptors (Lipinski definition) is 6. The molecule has 0 fully saturated rings. The van der Waals surface area contributed by atoms with Crippen molar-refractivity contribution >= 4 is 11.4 Å². The zero-order valence-corrected chi connectivity index (χ0v) is 15.2. The van der Waals surface area contributed by atoms with E-state index in [1.54, 1.807) is 50.2 Å². The molecular formula is C20H17N3O5. The molecule has 4 rings (SSSR count). The quantitative estimate of drug-likeness (QED) is 0.680. The van der Waals surface area contributed by atoms with Crippen LogP contribution in [-0.4, -0.2) is 27.2 Å². The monoisotopic (exact) mass is 379 g/mol. The van der Waals surface area contributed by atoms with Crippen LogP contribution in [0.25, 0.3) is 5.69 Å². The van der Waals surface area contributed by atoms with Crippen LogP contribution in [-0.2, 0) is 0 Å². The number of benzene rings is 2. The molecule has 0 aliphatic carbocycles. The summed E-state index contributed by atoms with van der Waals surface area (Å²) in [6.45, 7) is 3.53. The number of aliphatic imine (C=N–C) groups is 1. The molecule has 0 saturated heterocycles. The molecule has 8 nitrogen and oxygen atoms in total. The highest BCUT2D eigenvalue weighted by atomic mass is 16.7. The summed E-state index contributed by atoms with van der Waals surface area (Å²) in [7, 11) is 0. The zero-order valence-electron chi connectivity index (χ0n) is 15.2. The van der Waals surface area contributed by atoms with Gasteiger partial charge in [-0.15, -0.1) is 0 Å². The van der Waals surface area contributed by atoms with Crippen LogP contribution in [0.1, 0.15) is 18.1 Å². The minimum absolute atomic E-state index is 0.0829. The molecule has 0 saturated carbocycles. The van der Waals surface area contributed by atoms with Gasteiger partial charge in [-0.2, -0.15) is 0 Å². The lowest BCUT2D eigenvalue weighted by molar-refractivity contribution is 0.174. The number of aromatic hydroxyl groups is 1. The van der Waals surface area contributed by atoms with E-state index in [4.69, 9.17) is 9.47 Å². The van der Waals surface area contributed by atoms with Crippen molar-refractivity contribution in [1.29, 1.82) is 0 Å². The Morgan fingerprint density at radius 2 is 1.89 bits per heavy atom. The molecule has 2 heterocycles. The SMILES string of the molecule is CC(=Nc1ccc2c(c1)OCO2)c1c(O)n(-c2ccccc2C)c(=O)[nH]c1=O. The van der Waals surface area contributed by atoms with E-state index in [2.05, 4.69) is 9.98 Å². The van der Waals surface area contributed by atoms with E-state index in [1.165, 1.54) is 0 Å². The van der Waals surface area contributed by atoms with Gasteiger partial charge in [-0.3, -0.25) is 14.8 Å². The number of para-hydroxylation sites is 1. The zero-order chi connectivity index (χ0) is 19.8.